The first kappa shape index (κ1) is 19.2. The van der Waals surface area contributed by atoms with Crippen LogP contribution in [0, 0.1) is 17.1 Å². The van der Waals surface area contributed by atoms with Gasteiger partial charge in [0.25, 0.3) is 5.91 Å². The quantitative estimate of drug-likeness (QED) is 0.826. The van der Waals surface area contributed by atoms with Crippen LogP contribution in [0.2, 0.25) is 0 Å². The highest BCUT2D eigenvalue weighted by atomic mass is 19.1. The van der Waals surface area contributed by atoms with Crippen molar-refractivity contribution in [2.45, 2.75) is 18.9 Å². The molecule has 0 aliphatic carbocycles. The zero-order valence-electron chi connectivity index (χ0n) is 15.1. The number of amides is 2. The molecule has 3 rings (SSSR count). The van der Waals surface area contributed by atoms with Crippen molar-refractivity contribution in [2.75, 3.05) is 13.7 Å². The van der Waals surface area contributed by atoms with Gasteiger partial charge in [0, 0.05) is 25.1 Å². The fraction of sp³-hybridized carbons (Fsp3) is 0.250. The van der Waals surface area contributed by atoms with Crippen LogP contribution in [0.15, 0.2) is 36.4 Å². The van der Waals surface area contributed by atoms with E-state index in [2.05, 4.69) is 10.6 Å². The van der Waals surface area contributed by atoms with E-state index < -0.39 is 11.7 Å². The van der Waals surface area contributed by atoms with Crippen LogP contribution in [0.25, 0.3) is 0 Å². The summed E-state index contributed by atoms with van der Waals surface area (Å²) in [6, 6.07) is 9.83. The number of carbonyl (C=O) groups excluding carboxylic acids is 2. The first-order valence-electron chi connectivity index (χ1n) is 8.63. The SMILES string of the molecule is COc1cc(F)ccc1Oc1cc(C#N)ccc1C(=O)NC1CCNC(=O)C1. The molecule has 2 aromatic rings. The summed E-state index contributed by atoms with van der Waals surface area (Å²) in [5.74, 6) is -0.572. The molecule has 0 saturated carbocycles. The van der Waals surface area contributed by atoms with Crippen molar-refractivity contribution in [1.29, 1.82) is 5.26 Å². The predicted molar refractivity (Wildman–Crippen MR) is 97.7 cm³/mol. The zero-order valence-corrected chi connectivity index (χ0v) is 15.1. The fourth-order valence-electron chi connectivity index (χ4n) is 2.88. The molecular formula is C20H18FN3O4. The lowest BCUT2D eigenvalue weighted by atomic mass is 10.0. The Morgan fingerprint density at radius 3 is 2.79 bits per heavy atom. The highest BCUT2D eigenvalue weighted by molar-refractivity contribution is 5.97. The standard InChI is InChI=1S/C20H18FN3O4/c1-27-18-9-13(21)3-5-16(18)28-17-8-12(11-22)2-4-15(17)20(26)24-14-6-7-23-19(25)10-14/h2-5,8-9,14H,6-7,10H2,1H3,(H,23,25)(H,24,26). The number of ether oxygens (including phenoxy) is 2. The number of carbonyl (C=O) groups is 2. The molecule has 8 heteroatoms. The molecule has 2 N–H and O–H groups in total. The van der Waals surface area contributed by atoms with Crippen LogP contribution in [-0.4, -0.2) is 31.5 Å². The van der Waals surface area contributed by atoms with Gasteiger partial charge in [-0.3, -0.25) is 9.59 Å². The minimum Gasteiger partial charge on any atom is -0.493 e. The maximum absolute atomic E-state index is 13.4. The lowest BCUT2D eigenvalue weighted by Crippen LogP contribution is -2.45. The van der Waals surface area contributed by atoms with Crippen LogP contribution in [0.4, 0.5) is 4.39 Å². The Morgan fingerprint density at radius 2 is 2.07 bits per heavy atom. The Balaban J connectivity index is 1.89. The lowest BCUT2D eigenvalue weighted by Gasteiger charge is -2.23. The van der Waals surface area contributed by atoms with Gasteiger partial charge in [0.2, 0.25) is 5.91 Å². The van der Waals surface area contributed by atoms with Gasteiger partial charge in [0.05, 0.1) is 24.3 Å². The van der Waals surface area contributed by atoms with Gasteiger partial charge in [-0.25, -0.2) is 4.39 Å². The van der Waals surface area contributed by atoms with Crippen molar-refractivity contribution < 1.29 is 23.5 Å². The second-order valence-electron chi connectivity index (χ2n) is 6.23. The average molecular weight is 383 g/mol. The number of hydrogen-bond donors (Lipinski definition) is 2. The number of methoxy groups -OCH3 is 1. The molecular weight excluding hydrogens is 365 g/mol. The fourth-order valence-corrected chi connectivity index (χ4v) is 2.88. The van der Waals surface area contributed by atoms with Crippen LogP contribution in [-0.2, 0) is 4.79 Å². The molecule has 1 aliphatic rings. The van der Waals surface area contributed by atoms with Crippen molar-refractivity contribution in [3.8, 4) is 23.3 Å². The Labute approximate surface area is 161 Å². The molecule has 1 fully saturated rings. The summed E-state index contributed by atoms with van der Waals surface area (Å²) < 4.78 is 24.3. The van der Waals surface area contributed by atoms with Crippen LogP contribution in [0.3, 0.4) is 0 Å². The van der Waals surface area contributed by atoms with Crippen molar-refractivity contribution >= 4 is 11.8 Å². The summed E-state index contributed by atoms with van der Waals surface area (Å²) in [4.78, 5) is 24.3. The van der Waals surface area contributed by atoms with Crippen LogP contribution in [0.1, 0.15) is 28.8 Å². The van der Waals surface area contributed by atoms with Crippen LogP contribution < -0.4 is 20.1 Å². The number of nitrogens with one attached hydrogen (secondary N) is 2. The molecule has 144 valence electrons. The molecule has 1 unspecified atom stereocenters. The van der Waals surface area contributed by atoms with Crippen LogP contribution >= 0.6 is 0 Å². The van der Waals surface area contributed by atoms with Crippen molar-refractivity contribution in [3.05, 3.63) is 53.3 Å². The van der Waals surface area contributed by atoms with E-state index in [1.807, 2.05) is 6.07 Å². The summed E-state index contributed by atoms with van der Waals surface area (Å²) >= 11 is 0. The summed E-state index contributed by atoms with van der Waals surface area (Å²) in [6.07, 6.45) is 0.819. The first-order chi connectivity index (χ1) is 13.5. The molecule has 0 radical (unpaired) electrons. The largest absolute Gasteiger partial charge is 0.493 e. The molecule has 1 heterocycles. The molecule has 0 spiro atoms. The molecule has 0 bridgehead atoms. The number of hydrogen-bond acceptors (Lipinski definition) is 5. The van der Waals surface area contributed by atoms with E-state index in [-0.39, 0.29) is 41.2 Å². The van der Waals surface area contributed by atoms with Gasteiger partial charge in [0.1, 0.15) is 11.6 Å². The zero-order chi connectivity index (χ0) is 20.1. The van der Waals surface area contributed by atoms with Gasteiger partial charge in [-0.05, 0) is 36.8 Å². The second-order valence-corrected chi connectivity index (χ2v) is 6.23. The minimum absolute atomic E-state index is 0.121. The first-order valence-corrected chi connectivity index (χ1v) is 8.63. The topological polar surface area (TPSA) is 100 Å². The monoisotopic (exact) mass is 383 g/mol. The molecule has 1 atom stereocenters. The van der Waals surface area contributed by atoms with E-state index in [0.29, 0.717) is 18.5 Å². The van der Waals surface area contributed by atoms with E-state index in [0.717, 1.165) is 6.07 Å². The third kappa shape index (κ3) is 4.38. The molecule has 1 saturated heterocycles. The van der Waals surface area contributed by atoms with Crippen molar-refractivity contribution in [1.82, 2.24) is 10.6 Å². The number of halogens is 1. The number of nitrogens with zero attached hydrogens (tertiary/aromatic N) is 1. The van der Waals surface area contributed by atoms with E-state index in [9.17, 15) is 14.0 Å². The van der Waals surface area contributed by atoms with E-state index in [4.69, 9.17) is 14.7 Å². The maximum atomic E-state index is 13.4. The van der Waals surface area contributed by atoms with Gasteiger partial charge >= 0.3 is 0 Å². The summed E-state index contributed by atoms with van der Waals surface area (Å²) in [5.41, 5.74) is 0.487. The number of piperidine rings is 1. The average Bonchev–Trinajstić information content (AvgIpc) is 2.69. The molecule has 28 heavy (non-hydrogen) atoms. The Kier molecular flexibility index (Phi) is 5.75. The Bertz CT molecular complexity index is 955. The van der Waals surface area contributed by atoms with Crippen LogP contribution in [0.5, 0.6) is 17.2 Å². The van der Waals surface area contributed by atoms with Gasteiger partial charge in [-0.15, -0.1) is 0 Å². The predicted octanol–water partition coefficient (Wildman–Crippen LogP) is 2.51. The van der Waals surface area contributed by atoms with Crippen molar-refractivity contribution in [3.63, 3.8) is 0 Å². The third-order valence-electron chi connectivity index (χ3n) is 4.28. The van der Waals surface area contributed by atoms with Gasteiger partial charge in [-0.2, -0.15) is 5.26 Å². The number of rotatable bonds is 5. The van der Waals surface area contributed by atoms with Gasteiger partial charge < -0.3 is 20.1 Å². The molecule has 2 aromatic carbocycles. The smallest absolute Gasteiger partial charge is 0.255 e. The molecule has 2 amide bonds. The minimum atomic E-state index is -0.497. The van der Waals surface area contributed by atoms with Gasteiger partial charge in [-0.1, -0.05) is 0 Å². The van der Waals surface area contributed by atoms with E-state index >= 15 is 0 Å². The summed E-state index contributed by atoms with van der Waals surface area (Å²) in [5, 5.41) is 14.7. The third-order valence-corrected chi connectivity index (χ3v) is 4.28. The second kappa shape index (κ2) is 8.39. The van der Waals surface area contributed by atoms with E-state index in [1.165, 1.54) is 37.4 Å². The summed E-state index contributed by atoms with van der Waals surface area (Å²) in [6.45, 7) is 0.493. The molecule has 1 aliphatic heterocycles. The molecule has 7 nitrogen and oxygen atoms in total. The Morgan fingerprint density at radius 1 is 1.25 bits per heavy atom. The number of benzene rings is 2. The normalized spacial score (nSPS) is 15.9. The maximum Gasteiger partial charge on any atom is 0.255 e. The number of nitriles is 1. The van der Waals surface area contributed by atoms with Crippen molar-refractivity contribution in [2.24, 2.45) is 0 Å². The highest BCUT2D eigenvalue weighted by Crippen LogP contribution is 2.34. The Hall–Kier alpha value is -3.60. The van der Waals surface area contributed by atoms with Gasteiger partial charge in [0.15, 0.2) is 11.5 Å². The highest BCUT2D eigenvalue weighted by Gasteiger charge is 2.23. The lowest BCUT2D eigenvalue weighted by molar-refractivity contribution is -0.122. The molecule has 0 aromatic heterocycles. The van der Waals surface area contributed by atoms with E-state index in [1.54, 1.807) is 0 Å². The summed E-state index contributed by atoms with van der Waals surface area (Å²) in [7, 11) is 1.37.